The third kappa shape index (κ3) is 6.91. The van der Waals surface area contributed by atoms with Gasteiger partial charge in [0.15, 0.2) is 5.65 Å². The molecular weight excluding hydrogens is 546 g/mol. The van der Waals surface area contributed by atoms with E-state index in [1.807, 2.05) is 47.5 Å². The molecule has 1 aliphatic rings. The number of carbonyl (C=O) groups is 1. The van der Waals surface area contributed by atoms with Crippen LogP contribution < -0.4 is 10.2 Å². The van der Waals surface area contributed by atoms with Crippen LogP contribution in [0.25, 0.3) is 38.8 Å². The summed E-state index contributed by atoms with van der Waals surface area (Å²) in [5, 5.41) is 16.5. The van der Waals surface area contributed by atoms with Crippen molar-refractivity contribution in [2.45, 2.75) is 0 Å². The molecule has 2 aromatic carbocycles. The predicted octanol–water partition coefficient (Wildman–Crippen LogP) is 4.03. The van der Waals surface area contributed by atoms with E-state index in [0.717, 1.165) is 71.5 Å². The molecule has 0 spiro atoms. The third-order valence-electron chi connectivity index (χ3n) is 7.68. The number of hydrogen-bond acceptors (Lipinski definition) is 8. The number of pyridine rings is 1. The molecule has 1 fully saturated rings. The molecule has 11 heteroatoms. The molecule has 11 nitrogen and oxygen atoms in total. The molecule has 43 heavy (non-hydrogen) atoms. The van der Waals surface area contributed by atoms with Crippen molar-refractivity contribution in [1.82, 2.24) is 29.8 Å². The molecular formula is C32H35N7O4. The van der Waals surface area contributed by atoms with Crippen molar-refractivity contribution in [2.75, 3.05) is 70.6 Å². The fourth-order valence-corrected chi connectivity index (χ4v) is 5.39. The number of amides is 1. The monoisotopic (exact) mass is 581 g/mol. The first-order valence-corrected chi connectivity index (χ1v) is 14.5. The number of fused-ring (bicyclic) bond motifs is 2. The zero-order chi connectivity index (χ0) is 29.4. The van der Waals surface area contributed by atoms with Gasteiger partial charge in [0, 0.05) is 80.1 Å². The van der Waals surface area contributed by atoms with Crippen molar-refractivity contribution in [3.63, 3.8) is 0 Å². The van der Waals surface area contributed by atoms with Gasteiger partial charge in [-0.25, -0.2) is 14.3 Å². The maximum Gasteiger partial charge on any atom is 0.404 e. The quantitative estimate of drug-likeness (QED) is 0.211. The van der Waals surface area contributed by atoms with Gasteiger partial charge in [0.25, 0.3) is 0 Å². The normalized spacial score (nSPS) is 14.0. The Morgan fingerprint density at radius 2 is 1.65 bits per heavy atom. The molecule has 1 saturated heterocycles. The van der Waals surface area contributed by atoms with Crippen LogP contribution >= 0.6 is 0 Å². The van der Waals surface area contributed by atoms with Crippen LogP contribution in [0.2, 0.25) is 0 Å². The van der Waals surface area contributed by atoms with Crippen molar-refractivity contribution in [3.05, 3.63) is 79.4 Å². The second-order valence-electron chi connectivity index (χ2n) is 10.4. The fraction of sp³-hybridized carbons (Fsp3) is 0.312. The summed E-state index contributed by atoms with van der Waals surface area (Å²) in [6, 6.07) is 18.8. The number of piperazine rings is 1. The van der Waals surface area contributed by atoms with Crippen LogP contribution in [0.5, 0.6) is 0 Å². The zero-order valence-corrected chi connectivity index (χ0v) is 23.9. The molecule has 0 unspecified atom stereocenters. The largest absolute Gasteiger partial charge is 0.465 e. The van der Waals surface area contributed by atoms with Crippen molar-refractivity contribution < 1.29 is 19.4 Å². The number of ether oxygens (including phenoxy) is 2. The minimum Gasteiger partial charge on any atom is -0.465 e. The smallest absolute Gasteiger partial charge is 0.404 e. The van der Waals surface area contributed by atoms with E-state index in [2.05, 4.69) is 61.6 Å². The number of carboxylic acid groups (broad SMARTS) is 1. The molecule has 0 bridgehead atoms. The van der Waals surface area contributed by atoms with E-state index in [1.54, 1.807) is 0 Å². The van der Waals surface area contributed by atoms with Gasteiger partial charge in [-0.2, -0.15) is 5.10 Å². The Hall–Kier alpha value is -4.58. The summed E-state index contributed by atoms with van der Waals surface area (Å²) in [6.07, 6.45) is 6.60. The standard InChI is InChI=1S/C32H35N7O4/c40-32(41)34-11-17-42-19-20-43-18-16-37-12-14-38(15-13-37)26-8-6-24(7-9-26)25-21-35-31-29(22-36-39(31)23-25)27-3-1-5-30-28(27)4-2-10-33-30/h1-10,21-23,34H,11-20H2,(H,40,41). The highest BCUT2D eigenvalue weighted by molar-refractivity contribution is 5.97. The van der Waals surface area contributed by atoms with Crippen molar-refractivity contribution in [1.29, 1.82) is 0 Å². The Labute approximate surface area is 249 Å². The summed E-state index contributed by atoms with van der Waals surface area (Å²) in [5.74, 6) is 0. The Morgan fingerprint density at radius 3 is 2.47 bits per heavy atom. The van der Waals surface area contributed by atoms with Gasteiger partial charge >= 0.3 is 6.09 Å². The molecule has 1 amide bonds. The van der Waals surface area contributed by atoms with Gasteiger partial charge in [0.1, 0.15) is 0 Å². The minimum absolute atomic E-state index is 0.285. The van der Waals surface area contributed by atoms with E-state index in [9.17, 15) is 4.79 Å². The lowest BCUT2D eigenvalue weighted by Gasteiger charge is -2.36. The van der Waals surface area contributed by atoms with Crippen LogP contribution in [-0.2, 0) is 9.47 Å². The number of nitrogens with zero attached hydrogens (tertiary/aromatic N) is 6. The van der Waals surface area contributed by atoms with Gasteiger partial charge in [-0.1, -0.05) is 30.3 Å². The Bertz CT molecular complexity index is 1660. The highest BCUT2D eigenvalue weighted by Gasteiger charge is 2.17. The summed E-state index contributed by atoms with van der Waals surface area (Å²) in [6.45, 7) is 7.03. The average Bonchev–Trinajstić information content (AvgIpc) is 3.47. The van der Waals surface area contributed by atoms with Crippen LogP contribution in [0.1, 0.15) is 0 Å². The second-order valence-corrected chi connectivity index (χ2v) is 10.4. The summed E-state index contributed by atoms with van der Waals surface area (Å²) < 4.78 is 12.9. The average molecular weight is 582 g/mol. The Kier molecular flexibility index (Phi) is 9.02. The van der Waals surface area contributed by atoms with Gasteiger partial charge in [0.05, 0.1) is 38.1 Å². The van der Waals surface area contributed by atoms with Gasteiger partial charge < -0.3 is 24.8 Å². The molecule has 0 radical (unpaired) electrons. The lowest BCUT2D eigenvalue weighted by atomic mass is 10.0. The first-order valence-electron chi connectivity index (χ1n) is 14.5. The van der Waals surface area contributed by atoms with Crippen molar-refractivity contribution in [3.8, 4) is 22.3 Å². The van der Waals surface area contributed by atoms with Crippen molar-refractivity contribution in [2.24, 2.45) is 0 Å². The van der Waals surface area contributed by atoms with E-state index in [4.69, 9.17) is 19.6 Å². The van der Waals surface area contributed by atoms with Crippen LogP contribution in [0, 0.1) is 0 Å². The lowest BCUT2D eigenvalue weighted by molar-refractivity contribution is 0.0390. The molecule has 222 valence electrons. The van der Waals surface area contributed by atoms with E-state index in [0.29, 0.717) is 26.4 Å². The van der Waals surface area contributed by atoms with E-state index < -0.39 is 6.09 Å². The molecule has 5 aromatic rings. The number of anilines is 1. The van der Waals surface area contributed by atoms with Crippen LogP contribution in [-0.4, -0.2) is 101 Å². The van der Waals surface area contributed by atoms with Crippen LogP contribution in [0.15, 0.2) is 79.4 Å². The van der Waals surface area contributed by atoms with Crippen LogP contribution in [0.4, 0.5) is 10.5 Å². The van der Waals surface area contributed by atoms with E-state index >= 15 is 0 Å². The first kappa shape index (κ1) is 28.5. The number of rotatable bonds is 12. The topological polar surface area (TPSA) is 117 Å². The lowest BCUT2D eigenvalue weighted by Crippen LogP contribution is -2.47. The maximum atomic E-state index is 10.4. The fourth-order valence-electron chi connectivity index (χ4n) is 5.39. The molecule has 4 heterocycles. The predicted molar refractivity (Wildman–Crippen MR) is 165 cm³/mol. The zero-order valence-electron chi connectivity index (χ0n) is 23.9. The molecule has 0 atom stereocenters. The molecule has 1 aliphatic heterocycles. The summed E-state index contributed by atoms with van der Waals surface area (Å²) in [5.41, 5.74) is 7.17. The number of nitrogens with one attached hydrogen (secondary N) is 1. The molecule has 6 rings (SSSR count). The Morgan fingerprint density at radius 1 is 0.837 bits per heavy atom. The van der Waals surface area contributed by atoms with Crippen LogP contribution in [0.3, 0.4) is 0 Å². The highest BCUT2D eigenvalue weighted by atomic mass is 16.5. The van der Waals surface area contributed by atoms with Gasteiger partial charge in [0.2, 0.25) is 0 Å². The first-order chi connectivity index (χ1) is 21.2. The summed E-state index contributed by atoms with van der Waals surface area (Å²) in [4.78, 5) is 24.5. The Balaban J connectivity index is 0.993. The van der Waals surface area contributed by atoms with Gasteiger partial charge in [-0.3, -0.25) is 9.88 Å². The highest BCUT2D eigenvalue weighted by Crippen LogP contribution is 2.31. The summed E-state index contributed by atoms with van der Waals surface area (Å²) in [7, 11) is 0. The summed E-state index contributed by atoms with van der Waals surface area (Å²) >= 11 is 0. The minimum atomic E-state index is -1.04. The number of benzene rings is 2. The molecule has 2 N–H and O–H groups in total. The molecule has 0 aliphatic carbocycles. The maximum absolute atomic E-state index is 10.4. The number of hydrogen-bond donors (Lipinski definition) is 2. The van der Waals surface area contributed by atoms with Gasteiger partial charge in [-0.15, -0.1) is 0 Å². The SMILES string of the molecule is O=C(O)NCCOCCOCCN1CCN(c2ccc(-c3cnc4c(-c5cccc6ncccc56)cnn4c3)cc2)CC1. The van der Waals surface area contributed by atoms with E-state index in [-0.39, 0.29) is 6.54 Å². The van der Waals surface area contributed by atoms with Crippen molar-refractivity contribution >= 4 is 28.3 Å². The van der Waals surface area contributed by atoms with E-state index in [1.165, 1.54) is 5.69 Å². The number of aromatic nitrogens is 4. The third-order valence-corrected chi connectivity index (χ3v) is 7.68. The van der Waals surface area contributed by atoms with Gasteiger partial charge in [-0.05, 0) is 35.4 Å². The second kappa shape index (κ2) is 13.6. The molecule has 3 aromatic heterocycles. The molecule has 0 saturated carbocycles.